The molecule has 0 fully saturated rings. The molecule has 3 rings (SSSR count). The molecular formula is C17H15N3O2S3. The minimum atomic E-state index is -0.202. The minimum Gasteiger partial charge on any atom is -0.351 e. The Kier molecular flexibility index (Phi) is 5.75. The number of carbonyl (C=O) groups excluding carboxylic acids is 2. The van der Waals surface area contributed by atoms with Crippen molar-refractivity contribution < 1.29 is 9.59 Å². The Balaban J connectivity index is 1.60. The zero-order chi connectivity index (χ0) is 17.6. The number of carbonyl (C=O) groups is 2. The topological polar surface area (TPSA) is 71.1 Å². The number of thiazole rings is 1. The maximum Gasteiger partial charge on any atom is 0.250 e. The molecule has 0 aliphatic carbocycles. The van der Waals surface area contributed by atoms with E-state index >= 15 is 0 Å². The molecule has 0 radical (unpaired) electrons. The van der Waals surface area contributed by atoms with Gasteiger partial charge in [0.05, 0.1) is 17.1 Å². The summed E-state index contributed by atoms with van der Waals surface area (Å²) in [6.07, 6.45) is 3.28. The van der Waals surface area contributed by atoms with Crippen LogP contribution in [0.4, 0.5) is 5.13 Å². The summed E-state index contributed by atoms with van der Waals surface area (Å²) < 4.78 is 0. The monoisotopic (exact) mass is 389 g/mol. The first-order valence-corrected chi connectivity index (χ1v) is 9.99. The number of hydrogen-bond donors (Lipinski definition) is 2. The average Bonchev–Trinajstić information content (AvgIpc) is 3.32. The number of nitrogens with zero attached hydrogens (tertiary/aromatic N) is 1. The third-order valence-corrected chi connectivity index (χ3v) is 5.81. The van der Waals surface area contributed by atoms with Crippen LogP contribution in [0.25, 0.3) is 16.6 Å². The van der Waals surface area contributed by atoms with Crippen LogP contribution < -0.4 is 10.6 Å². The molecule has 3 aromatic rings. The molecule has 0 unspecified atom stereocenters. The highest BCUT2D eigenvalue weighted by molar-refractivity contribution is 7.17. The SMILES string of the molecule is CC(=O)NCc1ccc(-c2csc(NC(=O)/C=C/c3cccs3)n2)s1. The quantitative estimate of drug-likeness (QED) is 0.620. The highest BCUT2D eigenvalue weighted by Gasteiger charge is 2.09. The predicted octanol–water partition coefficient (Wildman–Crippen LogP) is 4.22. The van der Waals surface area contributed by atoms with Crippen LogP contribution in [-0.4, -0.2) is 16.8 Å². The molecule has 2 amide bonds. The fourth-order valence-corrected chi connectivity index (χ4v) is 4.27. The molecule has 0 spiro atoms. The van der Waals surface area contributed by atoms with Crippen LogP contribution in [0, 0.1) is 0 Å². The van der Waals surface area contributed by atoms with E-state index in [9.17, 15) is 9.59 Å². The van der Waals surface area contributed by atoms with Crippen LogP contribution in [0.5, 0.6) is 0 Å². The van der Waals surface area contributed by atoms with Gasteiger partial charge in [0.15, 0.2) is 5.13 Å². The Bertz CT molecular complexity index is 894. The highest BCUT2D eigenvalue weighted by Crippen LogP contribution is 2.30. The Morgan fingerprint density at radius 3 is 2.88 bits per heavy atom. The number of aromatic nitrogens is 1. The second-order valence-electron chi connectivity index (χ2n) is 5.05. The molecule has 0 aliphatic rings. The third-order valence-electron chi connectivity index (χ3n) is 3.10. The number of amides is 2. The van der Waals surface area contributed by atoms with E-state index in [0.29, 0.717) is 11.7 Å². The lowest BCUT2D eigenvalue weighted by Gasteiger charge is -1.97. The summed E-state index contributed by atoms with van der Waals surface area (Å²) >= 11 is 4.53. The van der Waals surface area contributed by atoms with Crippen LogP contribution in [0.1, 0.15) is 16.7 Å². The van der Waals surface area contributed by atoms with E-state index in [1.807, 2.05) is 35.0 Å². The summed E-state index contributed by atoms with van der Waals surface area (Å²) in [7, 11) is 0. The fraction of sp³-hybridized carbons (Fsp3) is 0.118. The molecule has 0 atom stereocenters. The van der Waals surface area contributed by atoms with Crippen molar-refractivity contribution in [3.05, 3.63) is 50.9 Å². The zero-order valence-corrected chi connectivity index (χ0v) is 15.8. The van der Waals surface area contributed by atoms with Gasteiger partial charge in [0.2, 0.25) is 11.8 Å². The molecule has 0 saturated carbocycles. The van der Waals surface area contributed by atoms with Crippen molar-refractivity contribution in [1.29, 1.82) is 0 Å². The molecule has 3 aromatic heterocycles. The number of hydrogen-bond acceptors (Lipinski definition) is 6. The molecule has 0 saturated heterocycles. The highest BCUT2D eigenvalue weighted by atomic mass is 32.1. The predicted molar refractivity (Wildman–Crippen MR) is 105 cm³/mol. The van der Waals surface area contributed by atoms with Crippen LogP contribution in [-0.2, 0) is 16.1 Å². The molecule has 8 heteroatoms. The Labute approximate surface area is 157 Å². The summed E-state index contributed by atoms with van der Waals surface area (Å²) in [6, 6.07) is 7.83. The summed E-state index contributed by atoms with van der Waals surface area (Å²) in [5.74, 6) is -0.254. The standard InChI is InChI=1S/C17H15N3O2S3/c1-11(21)18-9-13-4-6-15(25-13)14-10-24-17(19-14)20-16(22)7-5-12-3-2-8-23-12/h2-8,10H,9H2,1H3,(H,18,21)(H,19,20,22)/b7-5+. The van der Waals surface area contributed by atoms with Gasteiger partial charge in [-0.1, -0.05) is 6.07 Å². The Hall–Kier alpha value is -2.29. The van der Waals surface area contributed by atoms with Gasteiger partial charge in [0, 0.05) is 28.1 Å². The van der Waals surface area contributed by atoms with Crippen molar-refractivity contribution in [1.82, 2.24) is 10.3 Å². The minimum absolute atomic E-state index is 0.0517. The molecule has 0 bridgehead atoms. The Morgan fingerprint density at radius 1 is 1.24 bits per heavy atom. The number of anilines is 1. The van der Waals surface area contributed by atoms with E-state index in [-0.39, 0.29) is 11.8 Å². The lowest BCUT2D eigenvalue weighted by atomic mass is 10.3. The number of thiophene rings is 2. The first-order chi connectivity index (χ1) is 12.1. The smallest absolute Gasteiger partial charge is 0.250 e. The second kappa shape index (κ2) is 8.19. The van der Waals surface area contributed by atoms with Gasteiger partial charge >= 0.3 is 0 Å². The normalized spacial score (nSPS) is 10.9. The van der Waals surface area contributed by atoms with Crippen LogP contribution in [0.3, 0.4) is 0 Å². The molecule has 2 N–H and O–H groups in total. The molecule has 0 aliphatic heterocycles. The zero-order valence-electron chi connectivity index (χ0n) is 13.3. The van der Waals surface area contributed by atoms with Crippen molar-refractivity contribution in [2.24, 2.45) is 0 Å². The first-order valence-electron chi connectivity index (χ1n) is 7.42. The van der Waals surface area contributed by atoms with Gasteiger partial charge in [-0.15, -0.1) is 34.0 Å². The molecular weight excluding hydrogens is 374 g/mol. The van der Waals surface area contributed by atoms with Gasteiger partial charge in [-0.2, -0.15) is 0 Å². The van der Waals surface area contributed by atoms with E-state index in [4.69, 9.17) is 0 Å². The summed E-state index contributed by atoms with van der Waals surface area (Å²) in [5.41, 5.74) is 0.821. The van der Waals surface area contributed by atoms with E-state index in [0.717, 1.165) is 20.3 Å². The van der Waals surface area contributed by atoms with E-state index in [2.05, 4.69) is 15.6 Å². The third kappa shape index (κ3) is 5.09. The molecule has 3 heterocycles. The molecule has 128 valence electrons. The number of rotatable bonds is 6. The summed E-state index contributed by atoms with van der Waals surface area (Å²) in [6.45, 7) is 2.01. The lowest BCUT2D eigenvalue weighted by molar-refractivity contribution is -0.119. The van der Waals surface area contributed by atoms with Crippen LogP contribution in [0.15, 0.2) is 41.1 Å². The van der Waals surface area contributed by atoms with Gasteiger partial charge in [-0.05, 0) is 29.7 Å². The van der Waals surface area contributed by atoms with E-state index in [1.165, 1.54) is 24.3 Å². The summed E-state index contributed by atoms with van der Waals surface area (Å²) in [5, 5.41) is 9.98. The van der Waals surface area contributed by atoms with E-state index in [1.54, 1.807) is 28.7 Å². The maximum atomic E-state index is 11.9. The van der Waals surface area contributed by atoms with Crippen LogP contribution >= 0.6 is 34.0 Å². The lowest BCUT2D eigenvalue weighted by Crippen LogP contribution is -2.17. The molecule has 5 nitrogen and oxygen atoms in total. The van der Waals surface area contributed by atoms with E-state index < -0.39 is 0 Å². The van der Waals surface area contributed by atoms with Gasteiger partial charge < -0.3 is 5.32 Å². The van der Waals surface area contributed by atoms with Crippen molar-refractivity contribution in [3.63, 3.8) is 0 Å². The van der Waals surface area contributed by atoms with Crippen molar-refractivity contribution in [3.8, 4) is 10.6 Å². The Morgan fingerprint density at radius 2 is 2.12 bits per heavy atom. The largest absolute Gasteiger partial charge is 0.351 e. The average molecular weight is 390 g/mol. The van der Waals surface area contributed by atoms with Crippen molar-refractivity contribution in [2.45, 2.75) is 13.5 Å². The van der Waals surface area contributed by atoms with Gasteiger partial charge in [0.25, 0.3) is 0 Å². The van der Waals surface area contributed by atoms with Crippen molar-refractivity contribution >= 4 is 57.0 Å². The van der Waals surface area contributed by atoms with Crippen LogP contribution in [0.2, 0.25) is 0 Å². The van der Waals surface area contributed by atoms with Gasteiger partial charge in [-0.25, -0.2) is 4.98 Å². The first kappa shape index (κ1) is 17.5. The summed E-state index contributed by atoms with van der Waals surface area (Å²) in [4.78, 5) is 30.5. The second-order valence-corrected chi connectivity index (χ2v) is 8.06. The fourth-order valence-electron chi connectivity index (χ4n) is 1.96. The van der Waals surface area contributed by atoms with Gasteiger partial charge in [0.1, 0.15) is 0 Å². The molecule has 25 heavy (non-hydrogen) atoms. The maximum absolute atomic E-state index is 11.9. The number of nitrogens with one attached hydrogen (secondary N) is 2. The van der Waals surface area contributed by atoms with Gasteiger partial charge in [-0.3, -0.25) is 14.9 Å². The van der Waals surface area contributed by atoms with Crippen molar-refractivity contribution in [2.75, 3.05) is 5.32 Å². The molecule has 0 aromatic carbocycles.